The Morgan fingerprint density at radius 3 is 2.20 bits per heavy atom. The molecule has 2 heterocycles. The molecule has 2 aliphatic heterocycles. The summed E-state index contributed by atoms with van der Waals surface area (Å²) in [6.45, 7) is 2.03. The highest BCUT2D eigenvalue weighted by molar-refractivity contribution is 9.10. The number of amidine groups is 1. The van der Waals surface area contributed by atoms with E-state index in [9.17, 15) is 13.2 Å². The number of amides is 1. The zero-order chi connectivity index (χ0) is 31.9. The number of para-hydroxylation sites is 1. The zero-order valence-corrected chi connectivity index (χ0v) is 27.3. The number of fused-ring (bicyclic) bond motifs is 2. The number of nitrogens with one attached hydrogen (secondary N) is 1. The van der Waals surface area contributed by atoms with Gasteiger partial charge in [0.05, 0.1) is 16.2 Å². The molecule has 0 radical (unpaired) electrons. The Hall–Kier alpha value is -4.57. The van der Waals surface area contributed by atoms with Gasteiger partial charge < -0.3 is 5.32 Å². The van der Waals surface area contributed by atoms with Gasteiger partial charge in [-0.3, -0.25) is 9.63 Å². The second-order valence-corrected chi connectivity index (χ2v) is 14.0. The molecule has 2 aliphatic rings. The van der Waals surface area contributed by atoms with Crippen molar-refractivity contribution in [1.82, 2.24) is 5.06 Å². The molecule has 230 valence electrons. The molecule has 5 aromatic carbocycles. The van der Waals surface area contributed by atoms with Gasteiger partial charge in [0.1, 0.15) is 18.5 Å². The van der Waals surface area contributed by atoms with Crippen LogP contribution in [0.2, 0.25) is 0 Å². The Kier molecular flexibility index (Phi) is 7.84. The van der Waals surface area contributed by atoms with Crippen LogP contribution in [0.4, 0.5) is 5.69 Å². The van der Waals surface area contributed by atoms with Gasteiger partial charge in [-0.15, -0.1) is 4.40 Å². The number of nitrogens with zero attached hydrogens (tertiary/aromatic N) is 2. The average Bonchev–Trinajstić information content (AvgIpc) is 3.51. The van der Waals surface area contributed by atoms with E-state index in [0.29, 0.717) is 5.69 Å². The largest absolute Gasteiger partial charge is 0.342 e. The fourth-order valence-electron chi connectivity index (χ4n) is 6.64. The van der Waals surface area contributed by atoms with E-state index in [4.69, 9.17) is 4.84 Å². The summed E-state index contributed by atoms with van der Waals surface area (Å²) in [5, 5.41) is 4.79. The number of benzene rings is 5. The molecule has 1 N–H and O–H groups in total. The van der Waals surface area contributed by atoms with Crippen molar-refractivity contribution >= 4 is 43.4 Å². The standard InChI is InChI=1S/C37H30BrN3O4S/c1-25-19-21-30(22-20-25)46(43,44)40-36-37(31-17-8-9-18-32(31)39-36)33(27-13-6-3-7-14-27)35(42)41(45-24-26-11-4-2-5-12-26)34(37)28-15-10-16-29(38)23-28/h2-23,33-34H,24H2,1H3,(H,39,40). The summed E-state index contributed by atoms with van der Waals surface area (Å²) >= 11 is 3.62. The lowest BCUT2D eigenvalue weighted by molar-refractivity contribution is -0.198. The number of aryl methyl sites for hydroxylation is 1. The molecule has 1 amide bonds. The molecule has 3 unspecified atom stereocenters. The normalized spacial score (nSPS) is 21.5. The number of rotatable bonds is 7. The SMILES string of the molecule is Cc1ccc(S(=O)(=O)/N=C2\Nc3ccccc3C23C(c2ccccc2)C(=O)N(OCc2ccccc2)C3c2cccc(Br)c2)cc1. The highest BCUT2D eigenvalue weighted by atomic mass is 79.9. The number of carbonyl (C=O) groups is 1. The lowest BCUT2D eigenvalue weighted by Crippen LogP contribution is -2.44. The quantitative estimate of drug-likeness (QED) is 0.189. The van der Waals surface area contributed by atoms with E-state index in [1.165, 1.54) is 5.06 Å². The topological polar surface area (TPSA) is 88.1 Å². The molecule has 9 heteroatoms. The van der Waals surface area contributed by atoms with Crippen molar-refractivity contribution in [2.45, 2.75) is 35.8 Å². The van der Waals surface area contributed by atoms with Crippen LogP contribution in [0.5, 0.6) is 0 Å². The number of sulfonamides is 1. The van der Waals surface area contributed by atoms with Gasteiger partial charge >= 0.3 is 0 Å². The number of anilines is 1. The molecule has 5 aromatic rings. The van der Waals surface area contributed by atoms with Crippen LogP contribution < -0.4 is 5.32 Å². The van der Waals surface area contributed by atoms with Crippen LogP contribution in [0.25, 0.3) is 0 Å². The van der Waals surface area contributed by atoms with Crippen molar-refractivity contribution in [3.63, 3.8) is 0 Å². The Labute approximate surface area is 276 Å². The molecule has 1 fully saturated rings. The summed E-state index contributed by atoms with van der Waals surface area (Å²) in [7, 11) is -4.21. The number of hydrogen-bond donors (Lipinski definition) is 1. The highest BCUT2D eigenvalue weighted by Gasteiger charge is 2.67. The first-order chi connectivity index (χ1) is 22.3. The molecule has 3 atom stereocenters. The van der Waals surface area contributed by atoms with Crippen molar-refractivity contribution in [3.8, 4) is 0 Å². The lowest BCUT2D eigenvalue weighted by atomic mass is 9.64. The first-order valence-corrected chi connectivity index (χ1v) is 17.1. The van der Waals surface area contributed by atoms with Crippen LogP contribution in [0, 0.1) is 6.92 Å². The van der Waals surface area contributed by atoms with Crippen molar-refractivity contribution in [2.24, 2.45) is 4.40 Å². The third-order valence-electron chi connectivity index (χ3n) is 8.64. The van der Waals surface area contributed by atoms with Crippen LogP contribution in [-0.2, 0) is 31.7 Å². The number of halogens is 1. The van der Waals surface area contributed by atoms with Crippen molar-refractivity contribution in [1.29, 1.82) is 0 Å². The second-order valence-electron chi connectivity index (χ2n) is 11.5. The summed E-state index contributed by atoms with van der Waals surface area (Å²) in [4.78, 5) is 21.5. The first-order valence-electron chi connectivity index (χ1n) is 14.9. The van der Waals surface area contributed by atoms with Crippen LogP contribution in [0.3, 0.4) is 0 Å². The first kappa shape index (κ1) is 30.1. The molecule has 0 saturated carbocycles. The number of hydrogen-bond acceptors (Lipinski definition) is 4. The van der Waals surface area contributed by atoms with E-state index < -0.39 is 27.4 Å². The summed E-state index contributed by atoms with van der Waals surface area (Å²) in [5.41, 5.74) is 3.42. The van der Waals surface area contributed by atoms with Crippen molar-refractivity contribution < 1.29 is 18.0 Å². The van der Waals surface area contributed by atoms with E-state index >= 15 is 0 Å². The molecule has 1 saturated heterocycles. The Morgan fingerprint density at radius 2 is 1.48 bits per heavy atom. The predicted octanol–water partition coefficient (Wildman–Crippen LogP) is 7.71. The maximum absolute atomic E-state index is 14.9. The van der Waals surface area contributed by atoms with Gasteiger partial charge in [-0.1, -0.05) is 125 Å². The third-order valence-corrected chi connectivity index (χ3v) is 10.4. The maximum Gasteiger partial charge on any atom is 0.283 e. The summed E-state index contributed by atoms with van der Waals surface area (Å²) in [5.74, 6) is -1.02. The number of carbonyl (C=O) groups excluding carboxylic acids is 1. The third kappa shape index (κ3) is 5.14. The predicted molar refractivity (Wildman–Crippen MR) is 182 cm³/mol. The molecular weight excluding hydrogens is 662 g/mol. The van der Waals surface area contributed by atoms with E-state index in [1.54, 1.807) is 24.3 Å². The van der Waals surface area contributed by atoms with Crippen LogP contribution in [0.15, 0.2) is 147 Å². The van der Waals surface area contributed by atoms with Crippen molar-refractivity contribution in [2.75, 3.05) is 5.32 Å². The molecule has 0 aromatic heterocycles. The minimum atomic E-state index is -4.21. The van der Waals surface area contributed by atoms with Crippen molar-refractivity contribution in [3.05, 3.63) is 166 Å². The van der Waals surface area contributed by atoms with Gasteiger partial charge in [0.2, 0.25) is 0 Å². The molecule has 0 aliphatic carbocycles. The lowest BCUT2D eigenvalue weighted by Gasteiger charge is -2.37. The van der Waals surface area contributed by atoms with E-state index in [0.717, 1.165) is 32.3 Å². The van der Waals surface area contributed by atoms with Gasteiger partial charge in [-0.05, 0) is 59.5 Å². The fourth-order valence-corrected chi connectivity index (χ4v) is 8.08. The van der Waals surface area contributed by atoms with Gasteiger partial charge in [0.25, 0.3) is 15.9 Å². The van der Waals surface area contributed by atoms with Crippen LogP contribution >= 0.6 is 15.9 Å². The van der Waals surface area contributed by atoms with E-state index in [2.05, 4.69) is 25.6 Å². The molecule has 7 nitrogen and oxygen atoms in total. The molecule has 1 spiro atoms. The van der Waals surface area contributed by atoms with Gasteiger partial charge in [-0.2, -0.15) is 8.42 Å². The Morgan fingerprint density at radius 1 is 0.826 bits per heavy atom. The summed E-state index contributed by atoms with van der Waals surface area (Å²) in [6.07, 6.45) is 0. The average molecular weight is 693 g/mol. The minimum Gasteiger partial charge on any atom is -0.342 e. The molecule has 0 bridgehead atoms. The summed E-state index contributed by atoms with van der Waals surface area (Å²) in [6, 6.07) is 40.2. The zero-order valence-electron chi connectivity index (χ0n) is 24.9. The van der Waals surface area contributed by atoms with E-state index in [1.807, 2.05) is 116 Å². The molecule has 7 rings (SSSR count). The van der Waals surface area contributed by atoms with Crippen LogP contribution in [0.1, 0.15) is 39.8 Å². The van der Waals surface area contributed by atoms with Gasteiger partial charge in [-0.25, -0.2) is 5.06 Å². The fraction of sp³-hybridized carbons (Fsp3) is 0.135. The highest BCUT2D eigenvalue weighted by Crippen LogP contribution is 2.62. The van der Waals surface area contributed by atoms with Gasteiger partial charge in [0.15, 0.2) is 0 Å². The Balaban J connectivity index is 1.52. The molecular formula is C37H30BrN3O4S. The Bertz CT molecular complexity index is 2050. The van der Waals surface area contributed by atoms with E-state index in [-0.39, 0.29) is 23.2 Å². The second kappa shape index (κ2) is 12.0. The minimum absolute atomic E-state index is 0.0651. The van der Waals surface area contributed by atoms with Crippen LogP contribution in [-0.4, -0.2) is 25.2 Å². The number of hydroxylamine groups is 2. The summed E-state index contributed by atoms with van der Waals surface area (Å²) < 4.78 is 33.4. The monoisotopic (exact) mass is 691 g/mol. The van der Waals surface area contributed by atoms with Gasteiger partial charge in [0, 0.05) is 10.2 Å². The maximum atomic E-state index is 14.9. The molecule has 46 heavy (non-hydrogen) atoms. The smallest absolute Gasteiger partial charge is 0.283 e.